The molecular weight excluding hydrogens is 322 g/mol. The highest BCUT2D eigenvalue weighted by atomic mass is 35.5. The van der Waals surface area contributed by atoms with Crippen molar-refractivity contribution in [3.05, 3.63) is 64.3 Å². The van der Waals surface area contributed by atoms with E-state index in [0.29, 0.717) is 17.5 Å². The summed E-state index contributed by atoms with van der Waals surface area (Å²) in [6.45, 7) is 6.67. The van der Waals surface area contributed by atoms with E-state index < -0.39 is 0 Å². The Morgan fingerprint density at radius 2 is 1.79 bits per heavy atom. The van der Waals surface area contributed by atoms with Crippen molar-refractivity contribution in [2.45, 2.75) is 27.3 Å². The van der Waals surface area contributed by atoms with Gasteiger partial charge in [-0.05, 0) is 32.9 Å². The zero-order valence-electron chi connectivity index (χ0n) is 14.3. The molecule has 5 nitrogen and oxygen atoms in total. The molecule has 1 aromatic carbocycles. The Balaban J connectivity index is 1.92. The number of para-hydroxylation sites is 1. The molecule has 0 atom stereocenters. The van der Waals surface area contributed by atoms with Crippen LogP contribution in [0.5, 0.6) is 0 Å². The summed E-state index contributed by atoms with van der Waals surface area (Å²) in [7, 11) is 2.00. The van der Waals surface area contributed by atoms with E-state index in [0.717, 1.165) is 22.9 Å². The smallest absolute Gasteiger partial charge is 0.134 e. The van der Waals surface area contributed by atoms with Gasteiger partial charge in [-0.25, -0.2) is 14.6 Å². The van der Waals surface area contributed by atoms with Gasteiger partial charge in [-0.2, -0.15) is 5.10 Å². The molecule has 0 bridgehead atoms. The molecule has 0 N–H and O–H groups in total. The number of anilines is 1. The van der Waals surface area contributed by atoms with Crippen molar-refractivity contribution in [2.75, 3.05) is 11.9 Å². The van der Waals surface area contributed by atoms with E-state index in [4.69, 9.17) is 16.7 Å². The summed E-state index contributed by atoms with van der Waals surface area (Å²) in [4.78, 5) is 10.6. The van der Waals surface area contributed by atoms with E-state index in [1.54, 1.807) is 6.07 Å². The van der Waals surface area contributed by atoms with Crippen LogP contribution in [-0.4, -0.2) is 26.8 Å². The molecule has 0 aliphatic rings. The van der Waals surface area contributed by atoms with Gasteiger partial charge < -0.3 is 4.90 Å². The van der Waals surface area contributed by atoms with Gasteiger partial charge in [0, 0.05) is 30.9 Å². The van der Waals surface area contributed by atoms with Gasteiger partial charge in [0.2, 0.25) is 0 Å². The van der Waals surface area contributed by atoms with E-state index in [1.165, 1.54) is 5.56 Å². The van der Waals surface area contributed by atoms with Gasteiger partial charge >= 0.3 is 0 Å². The normalized spacial score (nSPS) is 10.9. The fraction of sp³-hybridized carbons (Fsp3) is 0.278. The molecule has 0 radical (unpaired) electrons. The van der Waals surface area contributed by atoms with Crippen molar-refractivity contribution < 1.29 is 0 Å². The Bertz CT molecular complexity index is 837. The molecule has 3 aromatic rings. The lowest BCUT2D eigenvalue weighted by molar-refractivity contribution is 0.829. The SMILES string of the molecule is Cc1nc(Cl)cc(N(C)Cc2c(C)nn(-c3ccccc3)c2C)n1. The second kappa shape index (κ2) is 6.61. The minimum absolute atomic E-state index is 0.456. The highest BCUT2D eigenvalue weighted by molar-refractivity contribution is 6.29. The first-order valence-electron chi connectivity index (χ1n) is 7.78. The van der Waals surface area contributed by atoms with Gasteiger partial charge in [0.05, 0.1) is 11.4 Å². The molecule has 3 rings (SSSR count). The fourth-order valence-corrected chi connectivity index (χ4v) is 2.97. The Morgan fingerprint density at radius 3 is 2.46 bits per heavy atom. The average Bonchev–Trinajstić information content (AvgIpc) is 2.83. The molecule has 0 saturated heterocycles. The first-order valence-corrected chi connectivity index (χ1v) is 8.16. The quantitative estimate of drug-likeness (QED) is 0.676. The molecule has 6 heteroatoms. The van der Waals surface area contributed by atoms with Crippen LogP contribution in [0.25, 0.3) is 5.69 Å². The molecule has 124 valence electrons. The highest BCUT2D eigenvalue weighted by Gasteiger charge is 2.15. The first kappa shape index (κ1) is 16.5. The lowest BCUT2D eigenvalue weighted by Crippen LogP contribution is -2.19. The summed E-state index contributed by atoms with van der Waals surface area (Å²) in [5, 5.41) is 5.15. The fourth-order valence-electron chi connectivity index (χ4n) is 2.75. The van der Waals surface area contributed by atoms with Crippen molar-refractivity contribution in [2.24, 2.45) is 0 Å². The van der Waals surface area contributed by atoms with Gasteiger partial charge in [-0.1, -0.05) is 29.8 Å². The van der Waals surface area contributed by atoms with Gasteiger partial charge in [0.25, 0.3) is 0 Å². The van der Waals surface area contributed by atoms with Gasteiger partial charge in [-0.3, -0.25) is 0 Å². The number of hydrogen-bond acceptors (Lipinski definition) is 4. The van der Waals surface area contributed by atoms with Gasteiger partial charge in [-0.15, -0.1) is 0 Å². The van der Waals surface area contributed by atoms with Crippen LogP contribution in [0.2, 0.25) is 5.15 Å². The van der Waals surface area contributed by atoms with Crippen LogP contribution in [0.15, 0.2) is 36.4 Å². The van der Waals surface area contributed by atoms with E-state index in [1.807, 2.05) is 43.8 Å². The summed E-state index contributed by atoms with van der Waals surface area (Å²) in [5.41, 5.74) is 4.39. The monoisotopic (exact) mass is 341 g/mol. The number of nitrogens with zero attached hydrogens (tertiary/aromatic N) is 5. The number of halogens is 1. The van der Waals surface area contributed by atoms with Gasteiger partial charge in [0.15, 0.2) is 0 Å². The number of aromatic nitrogens is 4. The van der Waals surface area contributed by atoms with Crippen LogP contribution >= 0.6 is 11.6 Å². The van der Waals surface area contributed by atoms with Crippen LogP contribution in [0.3, 0.4) is 0 Å². The summed E-state index contributed by atoms with van der Waals surface area (Å²) in [6, 6.07) is 11.9. The Hall–Kier alpha value is -2.40. The Morgan fingerprint density at radius 1 is 1.08 bits per heavy atom. The Kier molecular flexibility index (Phi) is 4.53. The van der Waals surface area contributed by atoms with Crippen LogP contribution < -0.4 is 4.90 Å². The molecule has 2 aromatic heterocycles. The van der Waals surface area contributed by atoms with Crippen LogP contribution in [0.4, 0.5) is 5.82 Å². The minimum Gasteiger partial charge on any atom is -0.355 e. The Labute approximate surface area is 146 Å². The van der Waals surface area contributed by atoms with Crippen molar-refractivity contribution in [1.29, 1.82) is 0 Å². The molecule has 0 aliphatic heterocycles. The van der Waals surface area contributed by atoms with Crippen molar-refractivity contribution >= 4 is 17.4 Å². The van der Waals surface area contributed by atoms with Crippen LogP contribution in [-0.2, 0) is 6.54 Å². The zero-order chi connectivity index (χ0) is 17.3. The number of aryl methyl sites for hydroxylation is 2. The van der Waals surface area contributed by atoms with Crippen LogP contribution in [0.1, 0.15) is 22.8 Å². The summed E-state index contributed by atoms with van der Waals surface area (Å²) < 4.78 is 1.98. The maximum Gasteiger partial charge on any atom is 0.134 e. The van der Waals surface area contributed by atoms with E-state index in [2.05, 4.69) is 33.9 Å². The molecule has 0 spiro atoms. The number of rotatable bonds is 4. The molecule has 0 fully saturated rings. The first-order chi connectivity index (χ1) is 11.5. The second-order valence-corrected chi connectivity index (χ2v) is 6.24. The molecular formula is C18H20ClN5. The van der Waals surface area contributed by atoms with Crippen LogP contribution in [0, 0.1) is 20.8 Å². The van der Waals surface area contributed by atoms with E-state index >= 15 is 0 Å². The lowest BCUT2D eigenvalue weighted by atomic mass is 10.2. The van der Waals surface area contributed by atoms with E-state index in [9.17, 15) is 0 Å². The molecule has 2 heterocycles. The molecule has 0 saturated carbocycles. The largest absolute Gasteiger partial charge is 0.355 e. The number of benzene rings is 1. The summed E-state index contributed by atoms with van der Waals surface area (Å²) >= 11 is 6.05. The van der Waals surface area contributed by atoms with Crippen molar-refractivity contribution in [3.63, 3.8) is 0 Å². The summed E-state index contributed by atoms with van der Waals surface area (Å²) in [5.74, 6) is 1.47. The van der Waals surface area contributed by atoms with Crippen molar-refractivity contribution in [3.8, 4) is 5.69 Å². The minimum atomic E-state index is 0.456. The van der Waals surface area contributed by atoms with Gasteiger partial charge in [0.1, 0.15) is 16.8 Å². The van der Waals surface area contributed by atoms with E-state index in [-0.39, 0.29) is 0 Å². The summed E-state index contributed by atoms with van der Waals surface area (Å²) in [6.07, 6.45) is 0. The lowest BCUT2D eigenvalue weighted by Gasteiger charge is -2.19. The standard InChI is InChI=1S/C18H20ClN5/c1-12-16(11-23(4)18-10-17(19)20-14(3)21-18)13(2)24(22-12)15-8-6-5-7-9-15/h5-10H,11H2,1-4H3. The average molecular weight is 342 g/mol. The predicted molar refractivity (Wildman–Crippen MR) is 96.9 cm³/mol. The maximum absolute atomic E-state index is 6.05. The maximum atomic E-state index is 6.05. The molecule has 24 heavy (non-hydrogen) atoms. The molecule has 0 unspecified atom stereocenters. The zero-order valence-corrected chi connectivity index (χ0v) is 15.0. The predicted octanol–water partition coefficient (Wildman–Crippen LogP) is 3.88. The van der Waals surface area contributed by atoms with Crippen molar-refractivity contribution in [1.82, 2.24) is 19.7 Å². The third-order valence-electron chi connectivity index (χ3n) is 4.02. The topological polar surface area (TPSA) is 46.8 Å². The third-order valence-corrected chi connectivity index (χ3v) is 4.22. The number of hydrogen-bond donors (Lipinski definition) is 0. The molecule has 0 aliphatic carbocycles. The molecule has 0 amide bonds. The third kappa shape index (κ3) is 3.26. The second-order valence-electron chi connectivity index (χ2n) is 5.85. The highest BCUT2D eigenvalue weighted by Crippen LogP contribution is 2.22.